The molecule has 0 aromatic rings. The molecule has 0 amide bonds. The van der Waals surface area contributed by atoms with Gasteiger partial charge < -0.3 is 4.74 Å². The van der Waals surface area contributed by atoms with Gasteiger partial charge >= 0.3 is 5.97 Å². The summed E-state index contributed by atoms with van der Waals surface area (Å²) in [6.45, 7) is 4.94. The zero-order chi connectivity index (χ0) is 11.8. The van der Waals surface area contributed by atoms with Crippen LogP contribution in [0.3, 0.4) is 0 Å². The Bertz CT molecular complexity index is 191. The van der Waals surface area contributed by atoms with Gasteiger partial charge in [-0.1, -0.05) is 46.0 Å². The Balaban J connectivity index is 2.14. The molecule has 1 rings (SSSR count). The zero-order valence-electron chi connectivity index (χ0n) is 10.8. The first-order valence-corrected chi connectivity index (χ1v) is 6.91. The van der Waals surface area contributed by atoms with E-state index in [1.807, 2.05) is 0 Å². The fraction of sp³-hybridized carbons (Fsp3) is 0.929. The standard InChI is InChI=1S/C14H26O2/c1-3-12(4-2)11-16-14(15)10-13-8-6-5-7-9-13/h12-13H,3-11H2,1-2H3. The second kappa shape index (κ2) is 7.70. The zero-order valence-corrected chi connectivity index (χ0v) is 10.8. The van der Waals surface area contributed by atoms with Gasteiger partial charge in [0.05, 0.1) is 6.61 Å². The molecule has 2 nitrogen and oxygen atoms in total. The molecule has 0 aliphatic heterocycles. The van der Waals surface area contributed by atoms with Crippen LogP contribution in [-0.2, 0) is 9.53 Å². The van der Waals surface area contributed by atoms with Gasteiger partial charge in [0, 0.05) is 6.42 Å². The minimum Gasteiger partial charge on any atom is -0.465 e. The van der Waals surface area contributed by atoms with Crippen LogP contribution in [0, 0.1) is 11.8 Å². The first kappa shape index (κ1) is 13.5. The van der Waals surface area contributed by atoms with Crippen molar-refractivity contribution in [2.24, 2.45) is 11.8 Å². The largest absolute Gasteiger partial charge is 0.465 e. The van der Waals surface area contributed by atoms with E-state index in [0.29, 0.717) is 24.9 Å². The van der Waals surface area contributed by atoms with Crippen molar-refractivity contribution in [3.8, 4) is 0 Å². The lowest BCUT2D eigenvalue weighted by Crippen LogP contribution is -2.17. The lowest BCUT2D eigenvalue weighted by molar-refractivity contribution is -0.146. The van der Waals surface area contributed by atoms with Gasteiger partial charge in [0.15, 0.2) is 0 Å². The van der Waals surface area contributed by atoms with Gasteiger partial charge in [0.25, 0.3) is 0 Å². The highest BCUT2D eigenvalue weighted by Crippen LogP contribution is 2.26. The van der Waals surface area contributed by atoms with Crippen molar-refractivity contribution in [3.05, 3.63) is 0 Å². The molecule has 1 fully saturated rings. The van der Waals surface area contributed by atoms with Crippen LogP contribution in [0.2, 0.25) is 0 Å². The van der Waals surface area contributed by atoms with Gasteiger partial charge in [-0.25, -0.2) is 0 Å². The summed E-state index contributed by atoms with van der Waals surface area (Å²) in [5, 5.41) is 0. The van der Waals surface area contributed by atoms with Gasteiger partial charge in [-0.3, -0.25) is 4.79 Å². The number of hydrogen-bond donors (Lipinski definition) is 0. The third-order valence-electron chi connectivity index (χ3n) is 3.81. The summed E-state index contributed by atoms with van der Waals surface area (Å²) in [5.41, 5.74) is 0. The second-order valence-corrected chi connectivity index (χ2v) is 5.07. The fourth-order valence-electron chi connectivity index (χ4n) is 2.42. The summed E-state index contributed by atoms with van der Waals surface area (Å²) in [6, 6.07) is 0. The molecule has 94 valence electrons. The first-order valence-electron chi connectivity index (χ1n) is 6.91. The topological polar surface area (TPSA) is 26.3 Å². The maximum absolute atomic E-state index is 11.6. The van der Waals surface area contributed by atoms with Crippen molar-refractivity contribution in [3.63, 3.8) is 0 Å². The van der Waals surface area contributed by atoms with Crippen molar-refractivity contribution < 1.29 is 9.53 Å². The van der Waals surface area contributed by atoms with Crippen LogP contribution in [0.15, 0.2) is 0 Å². The van der Waals surface area contributed by atoms with Crippen molar-refractivity contribution in [1.29, 1.82) is 0 Å². The van der Waals surface area contributed by atoms with Crippen LogP contribution >= 0.6 is 0 Å². The monoisotopic (exact) mass is 226 g/mol. The molecule has 1 aliphatic rings. The summed E-state index contributed by atoms with van der Waals surface area (Å²) in [4.78, 5) is 11.6. The number of carbonyl (C=O) groups is 1. The van der Waals surface area contributed by atoms with Gasteiger partial charge in [-0.05, 0) is 24.7 Å². The van der Waals surface area contributed by atoms with Crippen molar-refractivity contribution in [2.45, 2.75) is 65.2 Å². The number of carbonyl (C=O) groups excluding carboxylic acids is 1. The molecule has 0 aromatic carbocycles. The highest BCUT2D eigenvalue weighted by atomic mass is 16.5. The maximum atomic E-state index is 11.6. The summed E-state index contributed by atoms with van der Waals surface area (Å²) in [5.74, 6) is 1.18. The molecule has 1 saturated carbocycles. The van der Waals surface area contributed by atoms with Crippen molar-refractivity contribution in [2.75, 3.05) is 6.61 Å². The van der Waals surface area contributed by atoms with Crippen LogP contribution in [0.5, 0.6) is 0 Å². The van der Waals surface area contributed by atoms with E-state index in [4.69, 9.17) is 4.74 Å². The van der Waals surface area contributed by atoms with Crippen LogP contribution in [-0.4, -0.2) is 12.6 Å². The van der Waals surface area contributed by atoms with Crippen LogP contribution < -0.4 is 0 Å². The van der Waals surface area contributed by atoms with E-state index in [1.54, 1.807) is 0 Å². The lowest BCUT2D eigenvalue weighted by Gasteiger charge is -2.21. The Morgan fingerprint density at radius 2 is 1.81 bits per heavy atom. The summed E-state index contributed by atoms with van der Waals surface area (Å²) < 4.78 is 5.35. The second-order valence-electron chi connectivity index (χ2n) is 5.07. The van der Waals surface area contributed by atoms with Crippen molar-refractivity contribution >= 4 is 5.97 Å². The molecule has 0 aromatic heterocycles. The minimum absolute atomic E-state index is 0.0267. The first-order chi connectivity index (χ1) is 7.76. The predicted octanol–water partition coefficient (Wildman–Crippen LogP) is 3.94. The van der Waals surface area contributed by atoms with Crippen LogP contribution in [0.25, 0.3) is 0 Å². The number of ether oxygens (including phenoxy) is 1. The number of rotatable bonds is 6. The fourth-order valence-corrected chi connectivity index (χ4v) is 2.42. The molecule has 0 bridgehead atoms. The molecule has 0 radical (unpaired) electrons. The highest BCUT2D eigenvalue weighted by molar-refractivity contribution is 5.69. The van der Waals surface area contributed by atoms with E-state index in [0.717, 1.165) is 12.8 Å². The molecule has 16 heavy (non-hydrogen) atoms. The third kappa shape index (κ3) is 5.00. The minimum atomic E-state index is 0.0267. The summed E-state index contributed by atoms with van der Waals surface area (Å²) >= 11 is 0. The normalized spacial score (nSPS) is 17.7. The SMILES string of the molecule is CCC(CC)COC(=O)CC1CCCCC1. The molecule has 2 heteroatoms. The molecule has 0 N–H and O–H groups in total. The van der Waals surface area contributed by atoms with Crippen LogP contribution in [0.4, 0.5) is 0 Å². The molecule has 1 aliphatic carbocycles. The van der Waals surface area contributed by atoms with E-state index < -0.39 is 0 Å². The smallest absolute Gasteiger partial charge is 0.306 e. The molecule has 0 heterocycles. The molecule has 0 spiro atoms. The van der Waals surface area contributed by atoms with Gasteiger partial charge in [0.2, 0.25) is 0 Å². The molecule has 0 unspecified atom stereocenters. The Morgan fingerprint density at radius 3 is 2.38 bits per heavy atom. The van der Waals surface area contributed by atoms with E-state index in [1.165, 1.54) is 32.1 Å². The van der Waals surface area contributed by atoms with Crippen LogP contribution in [0.1, 0.15) is 65.2 Å². The van der Waals surface area contributed by atoms with E-state index in [2.05, 4.69) is 13.8 Å². The Morgan fingerprint density at radius 1 is 1.19 bits per heavy atom. The maximum Gasteiger partial charge on any atom is 0.306 e. The van der Waals surface area contributed by atoms with Gasteiger partial charge in [-0.2, -0.15) is 0 Å². The number of esters is 1. The van der Waals surface area contributed by atoms with E-state index in [9.17, 15) is 4.79 Å². The van der Waals surface area contributed by atoms with Gasteiger partial charge in [-0.15, -0.1) is 0 Å². The summed E-state index contributed by atoms with van der Waals surface area (Å²) in [6.07, 6.45) is 9.25. The van der Waals surface area contributed by atoms with E-state index in [-0.39, 0.29) is 5.97 Å². The average Bonchev–Trinajstić information content (AvgIpc) is 2.31. The number of hydrogen-bond acceptors (Lipinski definition) is 2. The third-order valence-corrected chi connectivity index (χ3v) is 3.81. The Labute approximate surface area is 99.8 Å². The Kier molecular flexibility index (Phi) is 6.51. The quantitative estimate of drug-likeness (QED) is 0.641. The lowest BCUT2D eigenvalue weighted by atomic mass is 9.87. The molecule has 0 saturated heterocycles. The van der Waals surface area contributed by atoms with Crippen molar-refractivity contribution in [1.82, 2.24) is 0 Å². The molecule has 0 atom stereocenters. The summed E-state index contributed by atoms with van der Waals surface area (Å²) in [7, 11) is 0. The Hall–Kier alpha value is -0.530. The average molecular weight is 226 g/mol. The molecular weight excluding hydrogens is 200 g/mol. The van der Waals surface area contributed by atoms with Gasteiger partial charge in [0.1, 0.15) is 0 Å². The predicted molar refractivity (Wildman–Crippen MR) is 66.2 cm³/mol. The highest BCUT2D eigenvalue weighted by Gasteiger charge is 2.18. The molecular formula is C14H26O2. The van der Waals surface area contributed by atoms with E-state index >= 15 is 0 Å².